The van der Waals surface area contributed by atoms with E-state index in [0.29, 0.717) is 5.56 Å². The zero-order valence-electron chi connectivity index (χ0n) is 12.0. The molecule has 0 aromatic heterocycles. The number of ether oxygens (including phenoxy) is 2. The Bertz CT molecular complexity index is 526. The molecule has 0 saturated heterocycles. The number of halogens is 3. The van der Waals surface area contributed by atoms with Gasteiger partial charge < -0.3 is 20.5 Å². The number of benzene rings is 1. The molecular formula is C13H16F3N3O3. The predicted octanol–water partition coefficient (Wildman–Crippen LogP) is 1.51. The number of amidine groups is 1. The molecule has 0 bridgehead atoms. The van der Waals surface area contributed by atoms with Crippen LogP contribution in [0.2, 0.25) is 0 Å². The number of amides is 1. The molecule has 0 aliphatic heterocycles. The number of carbonyl (C=O) groups excluding carboxylic acids is 1. The Kier molecular flexibility index (Phi) is 6.32. The lowest BCUT2D eigenvalue weighted by molar-refractivity contribution is -0.167. The molecule has 6 nitrogen and oxygen atoms in total. The number of hydrogen-bond acceptors (Lipinski definition) is 4. The standard InChI is InChI=1S/C13H16F3N3O3/c1-21-10(22-2)7-18-11(17)8-3-5-9(6-4-8)19-12(20)13(14,15)16/h3-6,10H,7H2,1-2H3,(H2,17,18)(H,19,20). The van der Waals surface area contributed by atoms with E-state index in [4.69, 9.17) is 15.2 Å². The maximum Gasteiger partial charge on any atom is 0.471 e. The number of hydrogen-bond donors (Lipinski definition) is 2. The second-order valence-electron chi connectivity index (χ2n) is 4.16. The first kappa shape index (κ1) is 17.9. The first-order chi connectivity index (χ1) is 10.3. The summed E-state index contributed by atoms with van der Waals surface area (Å²) in [6.07, 6.45) is -5.47. The number of alkyl halides is 3. The van der Waals surface area contributed by atoms with Crippen molar-refractivity contribution in [1.29, 1.82) is 0 Å². The monoisotopic (exact) mass is 319 g/mol. The van der Waals surface area contributed by atoms with Crippen molar-refractivity contribution >= 4 is 17.4 Å². The van der Waals surface area contributed by atoms with Gasteiger partial charge in [-0.1, -0.05) is 0 Å². The number of nitrogens with two attached hydrogens (primary N) is 1. The summed E-state index contributed by atoms with van der Waals surface area (Å²) in [5.74, 6) is -1.86. The van der Waals surface area contributed by atoms with Crippen molar-refractivity contribution in [2.75, 3.05) is 26.1 Å². The molecule has 0 aliphatic rings. The molecule has 9 heteroatoms. The molecule has 0 fully saturated rings. The van der Waals surface area contributed by atoms with Crippen LogP contribution in [-0.2, 0) is 14.3 Å². The largest absolute Gasteiger partial charge is 0.471 e. The van der Waals surface area contributed by atoms with Gasteiger partial charge in [-0.05, 0) is 24.3 Å². The van der Waals surface area contributed by atoms with E-state index in [0.717, 1.165) is 0 Å². The van der Waals surface area contributed by atoms with Crippen molar-refractivity contribution in [1.82, 2.24) is 0 Å². The highest BCUT2D eigenvalue weighted by atomic mass is 19.4. The van der Waals surface area contributed by atoms with E-state index < -0.39 is 18.4 Å². The van der Waals surface area contributed by atoms with Gasteiger partial charge in [0, 0.05) is 25.5 Å². The predicted molar refractivity (Wildman–Crippen MR) is 74.5 cm³/mol. The number of nitrogens with one attached hydrogen (secondary N) is 1. The zero-order chi connectivity index (χ0) is 16.8. The van der Waals surface area contributed by atoms with Crippen molar-refractivity contribution in [3.63, 3.8) is 0 Å². The van der Waals surface area contributed by atoms with Crippen LogP contribution >= 0.6 is 0 Å². The summed E-state index contributed by atoms with van der Waals surface area (Å²) in [7, 11) is 2.91. The van der Waals surface area contributed by atoms with E-state index in [-0.39, 0.29) is 18.1 Å². The van der Waals surface area contributed by atoms with Gasteiger partial charge in [-0.15, -0.1) is 0 Å². The summed E-state index contributed by atoms with van der Waals surface area (Å²) in [4.78, 5) is 14.8. The van der Waals surface area contributed by atoms with Gasteiger partial charge in [0.25, 0.3) is 0 Å². The van der Waals surface area contributed by atoms with Gasteiger partial charge in [0.2, 0.25) is 0 Å². The highest BCUT2D eigenvalue weighted by molar-refractivity contribution is 5.99. The SMILES string of the molecule is COC(CN=C(N)c1ccc(NC(=O)C(F)(F)F)cc1)OC. The van der Waals surface area contributed by atoms with Crippen molar-refractivity contribution in [3.05, 3.63) is 29.8 Å². The lowest BCUT2D eigenvalue weighted by Gasteiger charge is -2.11. The molecule has 1 aromatic rings. The molecule has 0 aliphatic carbocycles. The molecule has 0 heterocycles. The number of aliphatic imine (C=N–C) groups is 1. The molecule has 0 spiro atoms. The van der Waals surface area contributed by atoms with Crippen LogP contribution in [0.25, 0.3) is 0 Å². The Morgan fingerprint density at radius 2 is 1.82 bits per heavy atom. The lowest BCUT2D eigenvalue weighted by Crippen LogP contribution is -2.29. The van der Waals surface area contributed by atoms with Gasteiger partial charge in [0.05, 0.1) is 6.54 Å². The number of methoxy groups -OCH3 is 2. The summed E-state index contributed by atoms with van der Waals surface area (Å²) in [6.45, 7) is 0.172. The van der Waals surface area contributed by atoms with E-state index in [1.54, 1.807) is 5.32 Å². The summed E-state index contributed by atoms with van der Waals surface area (Å²) >= 11 is 0. The van der Waals surface area contributed by atoms with Crippen LogP contribution in [0.4, 0.5) is 18.9 Å². The van der Waals surface area contributed by atoms with E-state index in [9.17, 15) is 18.0 Å². The Balaban J connectivity index is 2.72. The summed E-state index contributed by atoms with van der Waals surface area (Å²) in [6, 6.07) is 5.48. The minimum atomic E-state index is -4.94. The summed E-state index contributed by atoms with van der Waals surface area (Å²) in [5.41, 5.74) is 6.25. The highest BCUT2D eigenvalue weighted by Crippen LogP contribution is 2.18. The first-order valence-corrected chi connectivity index (χ1v) is 6.12. The molecule has 1 aromatic carbocycles. The topological polar surface area (TPSA) is 85.9 Å². The van der Waals surface area contributed by atoms with Gasteiger partial charge in [0.15, 0.2) is 6.29 Å². The number of rotatable bonds is 6. The normalized spacial score (nSPS) is 12.5. The molecule has 22 heavy (non-hydrogen) atoms. The molecule has 3 N–H and O–H groups in total. The van der Waals surface area contributed by atoms with Crippen LogP contribution in [0.5, 0.6) is 0 Å². The second-order valence-corrected chi connectivity index (χ2v) is 4.16. The van der Waals surface area contributed by atoms with Crippen molar-refractivity contribution in [2.45, 2.75) is 12.5 Å². The van der Waals surface area contributed by atoms with Crippen molar-refractivity contribution < 1.29 is 27.4 Å². The molecule has 1 rings (SSSR count). The first-order valence-electron chi connectivity index (χ1n) is 6.12. The maximum atomic E-state index is 12.1. The van der Waals surface area contributed by atoms with Crippen molar-refractivity contribution in [2.24, 2.45) is 10.7 Å². The number of carbonyl (C=O) groups is 1. The highest BCUT2D eigenvalue weighted by Gasteiger charge is 2.38. The zero-order valence-corrected chi connectivity index (χ0v) is 12.0. The van der Waals surface area contributed by atoms with Crippen LogP contribution in [0.1, 0.15) is 5.56 Å². The van der Waals surface area contributed by atoms with Gasteiger partial charge >= 0.3 is 12.1 Å². The fourth-order valence-corrected chi connectivity index (χ4v) is 1.44. The molecule has 0 radical (unpaired) electrons. The smallest absolute Gasteiger partial charge is 0.384 e. The third-order valence-electron chi connectivity index (χ3n) is 2.63. The van der Waals surface area contributed by atoms with E-state index in [1.165, 1.54) is 38.5 Å². The Labute approximate surface area is 125 Å². The minimum Gasteiger partial charge on any atom is -0.384 e. The van der Waals surface area contributed by atoms with Crippen LogP contribution in [0.15, 0.2) is 29.3 Å². The molecule has 1 amide bonds. The second kappa shape index (κ2) is 7.76. The third kappa shape index (κ3) is 5.34. The van der Waals surface area contributed by atoms with Crippen molar-refractivity contribution in [3.8, 4) is 0 Å². The minimum absolute atomic E-state index is 0.00512. The third-order valence-corrected chi connectivity index (χ3v) is 2.63. The summed E-state index contributed by atoms with van der Waals surface area (Å²) in [5, 5.41) is 1.73. The van der Waals surface area contributed by atoms with Gasteiger partial charge in [-0.25, -0.2) is 0 Å². The Hall–Kier alpha value is -2.13. The summed E-state index contributed by atoms with van der Waals surface area (Å²) < 4.78 is 46.2. The van der Waals surface area contributed by atoms with E-state index in [2.05, 4.69) is 4.99 Å². The Morgan fingerprint density at radius 1 is 1.27 bits per heavy atom. The Morgan fingerprint density at radius 3 is 2.27 bits per heavy atom. The van der Waals surface area contributed by atoms with Crippen LogP contribution in [0, 0.1) is 0 Å². The fourth-order valence-electron chi connectivity index (χ4n) is 1.44. The number of anilines is 1. The van der Waals surface area contributed by atoms with Crippen LogP contribution in [-0.4, -0.2) is 45.0 Å². The van der Waals surface area contributed by atoms with Crippen LogP contribution < -0.4 is 11.1 Å². The average molecular weight is 319 g/mol. The molecule has 0 atom stereocenters. The van der Waals surface area contributed by atoms with Gasteiger partial charge in [-0.2, -0.15) is 13.2 Å². The molecule has 0 unspecified atom stereocenters. The van der Waals surface area contributed by atoms with E-state index >= 15 is 0 Å². The number of nitrogens with zero attached hydrogens (tertiary/aromatic N) is 1. The van der Waals surface area contributed by atoms with Crippen LogP contribution in [0.3, 0.4) is 0 Å². The molecule has 0 saturated carbocycles. The van der Waals surface area contributed by atoms with E-state index in [1.807, 2.05) is 0 Å². The molecule has 122 valence electrons. The molecular weight excluding hydrogens is 303 g/mol. The fraction of sp³-hybridized carbons (Fsp3) is 0.385. The lowest BCUT2D eigenvalue weighted by atomic mass is 10.2. The average Bonchev–Trinajstić information content (AvgIpc) is 2.47. The maximum absolute atomic E-state index is 12.1. The van der Waals surface area contributed by atoms with Gasteiger partial charge in [0.1, 0.15) is 5.84 Å². The quantitative estimate of drug-likeness (QED) is 0.473. The van der Waals surface area contributed by atoms with Gasteiger partial charge in [-0.3, -0.25) is 9.79 Å².